The van der Waals surface area contributed by atoms with E-state index in [2.05, 4.69) is 26.2 Å². The average molecular weight is 336 g/mol. The van der Waals surface area contributed by atoms with Crippen LogP contribution in [0.5, 0.6) is 5.75 Å². The van der Waals surface area contributed by atoms with Gasteiger partial charge in [0, 0.05) is 29.0 Å². The maximum absolute atomic E-state index is 12.0. The molecule has 0 spiro atoms. The van der Waals surface area contributed by atoms with E-state index in [0.717, 1.165) is 4.47 Å². The van der Waals surface area contributed by atoms with E-state index in [4.69, 9.17) is 10.5 Å². The van der Waals surface area contributed by atoms with Crippen LogP contribution in [-0.4, -0.2) is 24.0 Å². The van der Waals surface area contributed by atoms with Gasteiger partial charge in [-0.15, -0.1) is 0 Å². The number of hydrogen-bond donors (Lipinski definition) is 2. The van der Waals surface area contributed by atoms with Gasteiger partial charge in [-0.1, -0.05) is 6.07 Å². The van der Waals surface area contributed by atoms with Crippen molar-refractivity contribution in [1.82, 2.24) is 4.98 Å². The van der Waals surface area contributed by atoms with E-state index in [1.165, 1.54) is 0 Å². The number of ether oxygens (including phenoxy) is 1. The Labute approximate surface area is 125 Å². The van der Waals surface area contributed by atoms with E-state index in [1.807, 2.05) is 6.07 Å². The highest BCUT2D eigenvalue weighted by atomic mass is 79.9. The smallest absolute Gasteiger partial charge is 0.274 e. The number of aromatic nitrogens is 1. The zero-order valence-electron chi connectivity index (χ0n) is 10.7. The Bertz CT molecular complexity index is 587. The Morgan fingerprint density at radius 2 is 2.20 bits per heavy atom. The maximum atomic E-state index is 12.0. The summed E-state index contributed by atoms with van der Waals surface area (Å²) in [6.45, 7) is 0.880. The Balaban J connectivity index is 2.05. The van der Waals surface area contributed by atoms with Crippen LogP contribution in [0.3, 0.4) is 0 Å². The fourth-order valence-corrected chi connectivity index (χ4v) is 1.78. The number of carbonyl (C=O) groups is 1. The first-order valence-electron chi connectivity index (χ1n) is 6.05. The number of amides is 1. The molecule has 0 unspecified atom stereocenters. The van der Waals surface area contributed by atoms with Gasteiger partial charge in [-0.3, -0.25) is 4.79 Å². The van der Waals surface area contributed by atoms with Crippen LogP contribution in [-0.2, 0) is 0 Å². The van der Waals surface area contributed by atoms with E-state index in [-0.39, 0.29) is 5.91 Å². The number of pyridine rings is 1. The molecule has 0 aliphatic rings. The van der Waals surface area contributed by atoms with Crippen LogP contribution in [0.1, 0.15) is 10.5 Å². The van der Waals surface area contributed by atoms with E-state index in [0.29, 0.717) is 30.3 Å². The molecular formula is C14H14BrN3O2. The number of nitrogens with one attached hydrogen (secondary N) is 1. The summed E-state index contributed by atoms with van der Waals surface area (Å²) in [5, 5.41) is 2.77. The molecule has 0 saturated heterocycles. The summed E-state index contributed by atoms with van der Waals surface area (Å²) in [7, 11) is 0. The molecule has 0 radical (unpaired) electrons. The quantitative estimate of drug-likeness (QED) is 0.879. The SMILES string of the molecule is NCCOc1cccc(NC(=O)c2ccc(Br)cn2)c1. The minimum atomic E-state index is -0.270. The predicted molar refractivity (Wildman–Crippen MR) is 80.9 cm³/mol. The van der Waals surface area contributed by atoms with Gasteiger partial charge in [-0.25, -0.2) is 4.98 Å². The Hall–Kier alpha value is -1.92. The molecule has 20 heavy (non-hydrogen) atoms. The summed E-state index contributed by atoms with van der Waals surface area (Å²) in [6, 6.07) is 10.6. The first kappa shape index (κ1) is 14.5. The van der Waals surface area contributed by atoms with Gasteiger partial charge in [0.25, 0.3) is 5.91 Å². The largest absolute Gasteiger partial charge is 0.492 e. The number of carbonyl (C=O) groups excluding carboxylic acids is 1. The lowest BCUT2D eigenvalue weighted by molar-refractivity contribution is 0.102. The number of anilines is 1. The van der Waals surface area contributed by atoms with Gasteiger partial charge in [-0.2, -0.15) is 0 Å². The minimum Gasteiger partial charge on any atom is -0.492 e. The molecule has 0 saturated carbocycles. The Morgan fingerprint density at radius 3 is 2.90 bits per heavy atom. The van der Waals surface area contributed by atoms with Crippen molar-refractivity contribution >= 4 is 27.5 Å². The number of hydrogen-bond acceptors (Lipinski definition) is 4. The molecule has 1 amide bonds. The molecule has 1 heterocycles. The first-order chi connectivity index (χ1) is 9.69. The molecular weight excluding hydrogens is 322 g/mol. The van der Waals surface area contributed by atoms with Crippen molar-refractivity contribution in [2.75, 3.05) is 18.5 Å². The topological polar surface area (TPSA) is 77.2 Å². The van der Waals surface area contributed by atoms with Gasteiger partial charge >= 0.3 is 0 Å². The second-order valence-corrected chi connectivity index (χ2v) is 4.90. The van der Waals surface area contributed by atoms with Crippen molar-refractivity contribution in [3.8, 4) is 5.75 Å². The van der Waals surface area contributed by atoms with Crippen LogP contribution in [0, 0.1) is 0 Å². The Kier molecular flexibility index (Phi) is 5.09. The van der Waals surface area contributed by atoms with Crippen molar-refractivity contribution in [3.63, 3.8) is 0 Å². The standard InChI is InChI=1S/C14H14BrN3O2/c15-10-4-5-13(17-9-10)14(19)18-11-2-1-3-12(8-11)20-7-6-16/h1-5,8-9H,6-7,16H2,(H,18,19). The monoisotopic (exact) mass is 335 g/mol. The molecule has 0 fully saturated rings. The zero-order valence-corrected chi connectivity index (χ0v) is 12.3. The summed E-state index contributed by atoms with van der Waals surface area (Å²) in [4.78, 5) is 16.0. The average Bonchev–Trinajstić information content (AvgIpc) is 2.46. The van der Waals surface area contributed by atoms with Crippen LogP contribution >= 0.6 is 15.9 Å². The van der Waals surface area contributed by atoms with Crippen LogP contribution in [0.25, 0.3) is 0 Å². The summed E-state index contributed by atoms with van der Waals surface area (Å²) >= 11 is 3.27. The minimum absolute atomic E-state index is 0.270. The second-order valence-electron chi connectivity index (χ2n) is 3.98. The van der Waals surface area contributed by atoms with Crippen molar-refractivity contribution in [2.24, 2.45) is 5.73 Å². The highest BCUT2D eigenvalue weighted by molar-refractivity contribution is 9.10. The van der Waals surface area contributed by atoms with E-state index in [1.54, 1.807) is 36.5 Å². The fraction of sp³-hybridized carbons (Fsp3) is 0.143. The van der Waals surface area contributed by atoms with E-state index < -0.39 is 0 Å². The molecule has 3 N–H and O–H groups in total. The van der Waals surface area contributed by atoms with Gasteiger partial charge < -0.3 is 15.8 Å². The van der Waals surface area contributed by atoms with Crippen LogP contribution in [0.4, 0.5) is 5.69 Å². The highest BCUT2D eigenvalue weighted by Gasteiger charge is 2.07. The normalized spacial score (nSPS) is 10.1. The molecule has 104 valence electrons. The lowest BCUT2D eigenvalue weighted by Crippen LogP contribution is -2.14. The zero-order chi connectivity index (χ0) is 14.4. The molecule has 0 aliphatic heterocycles. The van der Waals surface area contributed by atoms with Crippen LogP contribution in [0.2, 0.25) is 0 Å². The van der Waals surface area contributed by atoms with Gasteiger partial charge in [-0.05, 0) is 40.2 Å². The molecule has 0 atom stereocenters. The number of nitrogens with zero attached hydrogens (tertiary/aromatic N) is 1. The van der Waals surface area contributed by atoms with Gasteiger partial charge in [0.1, 0.15) is 18.1 Å². The van der Waals surface area contributed by atoms with Gasteiger partial charge in [0.2, 0.25) is 0 Å². The number of nitrogens with two attached hydrogens (primary N) is 1. The summed E-state index contributed by atoms with van der Waals surface area (Å²) in [5.41, 5.74) is 6.37. The number of benzene rings is 1. The molecule has 2 aromatic rings. The van der Waals surface area contributed by atoms with Gasteiger partial charge in [0.15, 0.2) is 0 Å². The third-order valence-electron chi connectivity index (χ3n) is 2.44. The molecule has 2 rings (SSSR count). The van der Waals surface area contributed by atoms with Crippen molar-refractivity contribution in [3.05, 3.63) is 52.8 Å². The first-order valence-corrected chi connectivity index (χ1v) is 6.84. The number of halogens is 1. The molecule has 5 nitrogen and oxygen atoms in total. The van der Waals surface area contributed by atoms with Crippen LogP contribution in [0.15, 0.2) is 47.1 Å². The number of rotatable bonds is 5. The fourth-order valence-electron chi connectivity index (χ4n) is 1.55. The highest BCUT2D eigenvalue weighted by Crippen LogP contribution is 2.18. The summed E-state index contributed by atoms with van der Waals surface area (Å²) in [5.74, 6) is 0.394. The van der Waals surface area contributed by atoms with Crippen LogP contribution < -0.4 is 15.8 Å². The third kappa shape index (κ3) is 4.04. The van der Waals surface area contributed by atoms with Crippen molar-refractivity contribution < 1.29 is 9.53 Å². The second kappa shape index (κ2) is 7.02. The molecule has 1 aromatic heterocycles. The van der Waals surface area contributed by atoms with E-state index in [9.17, 15) is 4.79 Å². The van der Waals surface area contributed by atoms with E-state index >= 15 is 0 Å². The summed E-state index contributed by atoms with van der Waals surface area (Å²) in [6.07, 6.45) is 1.58. The lowest BCUT2D eigenvalue weighted by Gasteiger charge is -2.08. The molecule has 6 heteroatoms. The van der Waals surface area contributed by atoms with Crippen molar-refractivity contribution in [2.45, 2.75) is 0 Å². The van der Waals surface area contributed by atoms with Gasteiger partial charge in [0.05, 0.1) is 0 Å². The maximum Gasteiger partial charge on any atom is 0.274 e. The predicted octanol–water partition coefficient (Wildman–Crippen LogP) is 2.43. The molecule has 1 aromatic carbocycles. The lowest BCUT2D eigenvalue weighted by atomic mass is 10.2. The molecule has 0 bridgehead atoms. The molecule has 0 aliphatic carbocycles. The Morgan fingerprint density at radius 1 is 1.35 bits per heavy atom. The summed E-state index contributed by atoms with van der Waals surface area (Å²) < 4.78 is 6.23. The third-order valence-corrected chi connectivity index (χ3v) is 2.91. The van der Waals surface area contributed by atoms with Crippen molar-refractivity contribution in [1.29, 1.82) is 0 Å².